The van der Waals surface area contributed by atoms with Gasteiger partial charge in [-0.1, -0.05) is 30.3 Å². The molecular weight excluding hydrogens is 342 g/mol. The van der Waals surface area contributed by atoms with Crippen LogP contribution in [0.25, 0.3) is 0 Å². The third-order valence-electron chi connectivity index (χ3n) is 3.98. The molecule has 0 radical (unpaired) electrons. The molecule has 2 heterocycles. The number of hydrogen-bond acceptors (Lipinski definition) is 6. The van der Waals surface area contributed by atoms with E-state index in [9.17, 15) is 14.7 Å². The Labute approximate surface area is 149 Å². The van der Waals surface area contributed by atoms with Crippen molar-refractivity contribution in [2.75, 3.05) is 13.1 Å². The fraction of sp³-hybridized carbons (Fsp3) is 0.353. The van der Waals surface area contributed by atoms with E-state index in [0.29, 0.717) is 18.0 Å². The van der Waals surface area contributed by atoms with Gasteiger partial charge in [-0.2, -0.15) is 0 Å². The standard InChI is InChI=1S/C17H19N3O4S/c21-14-6-8-20(17(23)24-11-12-4-2-1-3-5-12)10-13(14)19-15(22)16-18-7-9-25-16/h1-5,7,9,13-14,21H,6,8,10-11H2,(H,19,22)/t13-,14-/m0/s1. The number of benzene rings is 1. The van der Waals surface area contributed by atoms with Crippen molar-refractivity contribution >= 4 is 23.3 Å². The van der Waals surface area contributed by atoms with E-state index in [1.807, 2.05) is 30.3 Å². The summed E-state index contributed by atoms with van der Waals surface area (Å²) >= 11 is 1.22. The highest BCUT2D eigenvalue weighted by atomic mass is 32.1. The first-order chi connectivity index (χ1) is 12.1. The van der Waals surface area contributed by atoms with E-state index in [0.717, 1.165) is 5.56 Å². The number of nitrogens with zero attached hydrogens (tertiary/aromatic N) is 2. The number of likely N-dealkylation sites (tertiary alicyclic amines) is 1. The van der Waals surface area contributed by atoms with E-state index in [-0.39, 0.29) is 19.1 Å². The summed E-state index contributed by atoms with van der Waals surface area (Å²) < 4.78 is 5.31. The maximum absolute atomic E-state index is 12.2. The van der Waals surface area contributed by atoms with E-state index < -0.39 is 18.2 Å². The molecule has 1 saturated heterocycles. The molecule has 2 amide bonds. The van der Waals surface area contributed by atoms with Crippen LogP contribution in [0.1, 0.15) is 21.8 Å². The minimum Gasteiger partial charge on any atom is -0.445 e. The summed E-state index contributed by atoms with van der Waals surface area (Å²) in [6, 6.07) is 8.87. The van der Waals surface area contributed by atoms with Gasteiger partial charge < -0.3 is 20.1 Å². The van der Waals surface area contributed by atoms with Crippen LogP contribution in [0.4, 0.5) is 4.79 Å². The van der Waals surface area contributed by atoms with Crippen molar-refractivity contribution in [2.45, 2.75) is 25.2 Å². The minimum atomic E-state index is -0.706. The van der Waals surface area contributed by atoms with Gasteiger partial charge in [0.15, 0.2) is 5.01 Å². The number of aliphatic hydroxyl groups excluding tert-OH is 1. The average Bonchev–Trinajstić information content (AvgIpc) is 3.17. The molecule has 0 bridgehead atoms. The second kappa shape index (κ2) is 8.09. The molecule has 1 aliphatic heterocycles. The van der Waals surface area contributed by atoms with Crippen LogP contribution in [0.5, 0.6) is 0 Å². The number of nitrogens with one attached hydrogen (secondary N) is 1. The van der Waals surface area contributed by atoms with Gasteiger partial charge in [-0.05, 0) is 12.0 Å². The monoisotopic (exact) mass is 361 g/mol. The summed E-state index contributed by atoms with van der Waals surface area (Å²) in [5, 5.41) is 14.9. The highest BCUT2D eigenvalue weighted by Gasteiger charge is 2.32. The molecule has 1 fully saturated rings. The zero-order chi connectivity index (χ0) is 17.6. The first kappa shape index (κ1) is 17.4. The average molecular weight is 361 g/mol. The van der Waals surface area contributed by atoms with Crippen molar-refractivity contribution in [2.24, 2.45) is 0 Å². The molecule has 3 rings (SSSR count). The lowest BCUT2D eigenvalue weighted by atomic mass is 10.0. The number of hydrogen-bond donors (Lipinski definition) is 2. The summed E-state index contributed by atoms with van der Waals surface area (Å²) in [6.45, 7) is 0.777. The van der Waals surface area contributed by atoms with Crippen LogP contribution in [0, 0.1) is 0 Å². The van der Waals surface area contributed by atoms with Crippen molar-refractivity contribution in [3.05, 3.63) is 52.5 Å². The Hall–Kier alpha value is -2.45. The smallest absolute Gasteiger partial charge is 0.410 e. The van der Waals surface area contributed by atoms with Crippen molar-refractivity contribution in [1.29, 1.82) is 0 Å². The van der Waals surface area contributed by atoms with Crippen molar-refractivity contribution in [3.63, 3.8) is 0 Å². The Morgan fingerprint density at radius 2 is 2.16 bits per heavy atom. The Bertz CT molecular complexity index is 708. The first-order valence-electron chi connectivity index (χ1n) is 7.97. The van der Waals surface area contributed by atoms with Crippen LogP contribution < -0.4 is 5.32 Å². The normalized spacial score (nSPS) is 20.1. The quantitative estimate of drug-likeness (QED) is 0.864. The molecule has 0 spiro atoms. The molecule has 1 aliphatic rings. The Kier molecular flexibility index (Phi) is 5.62. The number of piperidine rings is 1. The lowest BCUT2D eigenvalue weighted by Gasteiger charge is -2.35. The van der Waals surface area contributed by atoms with Gasteiger partial charge in [0, 0.05) is 24.7 Å². The van der Waals surface area contributed by atoms with Gasteiger partial charge in [-0.25, -0.2) is 9.78 Å². The Morgan fingerprint density at radius 1 is 1.36 bits per heavy atom. The molecule has 1 aromatic heterocycles. The number of aromatic nitrogens is 1. The largest absolute Gasteiger partial charge is 0.445 e. The molecule has 0 unspecified atom stereocenters. The molecule has 2 aromatic rings. The fourth-order valence-electron chi connectivity index (χ4n) is 2.62. The Morgan fingerprint density at radius 3 is 2.88 bits per heavy atom. The lowest BCUT2D eigenvalue weighted by molar-refractivity contribution is 0.0324. The molecule has 132 valence electrons. The summed E-state index contributed by atoms with van der Waals surface area (Å²) in [7, 11) is 0. The van der Waals surface area contributed by atoms with Gasteiger partial charge in [-0.3, -0.25) is 4.79 Å². The number of ether oxygens (including phenoxy) is 1. The molecule has 8 heteroatoms. The van der Waals surface area contributed by atoms with E-state index >= 15 is 0 Å². The number of carbonyl (C=O) groups is 2. The third-order valence-corrected chi connectivity index (χ3v) is 4.75. The molecule has 2 atom stereocenters. The molecule has 7 nitrogen and oxygen atoms in total. The lowest BCUT2D eigenvalue weighted by Crippen LogP contribution is -2.56. The molecule has 25 heavy (non-hydrogen) atoms. The maximum atomic E-state index is 12.2. The summed E-state index contributed by atoms with van der Waals surface area (Å²) in [6.07, 6.45) is 0.763. The summed E-state index contributed by atoms with van der Waals surface area (Å²) in [4.78, 5) is 29.8. The SMILES string of the molecule is O=C(N[C@H]1CN(C(=O)OCc2ccccc2)CC[C@@H]1O)c1nccs1. The highest BCUT2D eigenvalue weighted by Crippen LogP contribution is 2.14. The second-order valence-corrected chi connectivity index (χ2v) is 6.65. The summed E-state index contributed by atoms with van der Waals surface area (Å²) in [5.74, 6) is -0.349. The molecule has 0 aliphatic carbocycles. The number of amides is 2. The fourth-order valence-corrected chi connectivity index (χ4v) is 3.16. The topological polar surface area (TPSA) is 91.8 Å². The van der Waals surface area contributed by atoms with Crippen molar-refractivity contribution < 1.29 is 19.4 Å². The Balaban J connectivity index is 1.54. The van der Waals surface area contributed by atoms with Crippen LogP contribution in [0.15, 0.2) is 41.9 Å². The molecule has 1 aromatic carbocycles. The van der Waals surface area contributed by atoms with E-state index in [1.165, 1.54) is 16.2 Å². The van der Waals surface area contributed by atoms with Crippen molar-refractivity contribution in [1.82, 2.24) is 15.2 Å². The first-order valence-corrected chi connectivity index (χ1v) is 8.85. The predicted octanol–water partition coefficient (Wildman–Crippen LogP) is 1.64. The van der Waals surface area contributed by atoms with E-state index in [4.69, 9.17) is 4.74 Å². The van der Waals surface area contributed by atoms with Gasteiger partial charge in [0.05, 0.1) is 12.1 Å². The van der Waals surface area contributed by atoms with Crippen LogP contribution in [0.3, 0.4) is 0 Å². The van der Waals surface area contributed by atoms with Crippen molar-refractivity contribution in [3.8, 4) is 0 Å². The number of aliphatic hydroxyl groups is 1. The van der Waals surface area contributed by atoms with Gasteiger partial charge in [0.2, 0.25) is 0 Å². The van der Waals surface area contributed by atoms with Crippen LogP contribution in [0.2, 0.25) is 0 Å². The molecule has 2 N–H and O–H groups in total. The van der Waals surface area contributed by atoms with E-state index in [2.05, 4.69) is 10.3 Å². The third kappa shape index (κ3) is 4.55. The summed E-state index contributed by atoms with van der Waals surface area (Å²) in [5.41, 5.74) is 0.904. The highest BCUT2D eigenvalue weighted by molar-refractivity contribution is 7.11. The van der Waals surface area contributed by atoms with Gasteiger partial charge in [0.1, 0.15) is 6.61 Å². The van der Waals surface area contributed by atoms with Gasteiger partial charge >= 0.3 is 6.09 Å². The zero-order valence-electron chi connectivity index (χ0n) is 13.5. The second-order valence-electron chi connectivity index (χ2n) is 5.76. The number of carbonyl (C=O) groups excluding carboxylic acids is 2. The van der Waals surface area contributed by atoms with Crippen LogP contribution >= 0.6 is 11.3 Å². The van der Waals surface area contributed by atoms with E-state index in [1.54, 1.807) is 11.6 Å². The molecule has 0 saturated carbocycles. The van der Waals surface area contributed by atoms with Gasteiger partial charge in [-0.15, -0.1) is 11.3 Å². The maximum Gasteiger partial charge on any atom is 0.410 e. The minimum absolute atomic E-state index is 0.189. The van der Waals surface area contributed by atoms with Crippen LogP contribution in [-0.2, 0) is 11.3 Å². The zero-order valence-corrected chi connectivity index (χ0v) is 14.3. The number of thiazole rings is 1. The van der Waals surface area contributed by atoms with Crippen LogP contribution in [-0.4, -0.2) is 52.2 Å². The molecular formula is C17H19N3O4S. The number of rotatable bonds is 4. The van der Waals surface area contributed by atoms with Gasteiger partial charge in [0.25, 0.3) is 5.91 Å². The predicted molar refractivity (Wildman–Crippen MR) is 92.2 cm³/mol.